The summed E-state index contributed by atoms with van der Waals surface area (Å²) in [6, 6.07) is 0. The third kappa shape index (κ3) is 4.14. The fraction of sp³-hybridized carbons (Fsp3) is 1.00. The van der Waals surface area contributed by atoms with Gasteiger partial charge in [-0.1, -0.05) is 33.6 Å². The Morgan fingerprint density at radius 1 is 1.00 bits per heavy atom. The van der Waals surface area contributed by atoms with Crippen LogP contribution in [0.5, 0.6) is 0 Å². The Balaban J connectivity index is 2.25. The molecule has 1 N–H and O–H groups in total. The predicted octanol–water partition coefficient (Wildman–Crippen LogP) is 3.86. The first kappa shape index (κ1) is 13.0. The molecule has 1 nitrogen and oxygen atoms in total. The minimum Gasteiger partial charge on any atom is -0.393 e. The lowest BCUT2D eigenvalue weighted by molar-refractivity contribution is 0.105. The SMILES string of the molecule is CC(C)C1CCC(CC(C)C(C)O)CC1. The van der Waals surface area contributed by atoms with Crippen LogP contribution < -0.4 is 0 Å². The number of aliphatic hydroxyl groups excluding tert-OH is 1. The summed E-state index contributed by atoms with van der Waals surface area (Å²) in [5, 5.41) is 9.49. The zero-order valence-corrected chi connectivity index (χ0v) is 10.9. The molecule has 1 saturated carbocycles. The Labute approximate surface area is 95.3 Å². The Bertz CT molecular complexity index is 166. The Morgan fingerprint density at radius 3 is 1.93 bits per heavy atom. The summed E-state index contributed by atoms with van der Waals surface area (Å²) in [4.78, 5) is 0. The van der Waals surface area contributed by atoms with E-state index >= 15 is 0 Å². The molecule has 1 aliphatic rings. The second-order valence-corrected chi connectivity index (χ2v) is 5.98. The van der Waals surface area contributed by atoms with Gasteiger partial charge in [-0.05, 0) is 49.9 Å². The molecule has 0 saturated heterocycles. The summed E-state index contributed by atoms with van der Waals surface area (Å²) >= 11 is 0. The fourth-order valence-corrected chi connectivity index (χ4v) is 2.81. The summed E-state index contributed by atoms with van der Waals surface area (Å²) in [5.41, 5.74) is 0. The van der Waals surface area contributed by atoms with E-state index in [2.05, 4.69) is 20.8 Å². The van der Waals surface area contributed by atoms with Crippen LogP contribution in [0.2, 0.25) is 0 Å². The van der Waals surface area contributed by atoms with E-state index in [1.54, 1.807) is 0 Å². The largest absolute Gasteiger partial charge is 0.393 e. The number of hydrogen-bond donors (Lipinski definition) is 1. The van der Waals surface area contributed by atoms with Crippen molar-refractivity contribution in [2.75, 3.05) is 0 Å². The van der Waals surface area contributed by atoms with Crippen molar-refractivity contribution in [2.45, 2.75) is 65.9 Å². The van der Waals surface area contributed by atoms with Crippen molar-refractivity contribution in [1.29, 1.82) is 0 Å². The standard InChI is InChI=1S/C14H28O/c1-10(2)14-7-5-13(6-8-14)9-11(3)12(4)15/h10-15H,5-9H2,1-4H3. The van der Waals surface area contributed by atoms with Gasteiger partial charge in [0.25, 0.3) is 0 Å². The van der Waals surface area contributed by atoms with Gasteiger partial charge in [-0.25, -0.2) is 0 Å². The van der Waals surface area contributed by atoms with Crippen LogP contribution in [-0.2, 0) is 0 Å². The highest BCUT2D eigenvalue weighted by Crippen LogP contribution is 2.36. The van der Waals surface area contributed by atoms with Crippen molar-refractivity contribution >= 4 is 0 Å². The summed E-state index contributed by atoms with van der Waals surface area (Å²) < 4.78 is 0. The zero-order chi connectivity index (χ0) is 11.4. The van der Waals surface area contributed by atoms with E-state index in [-0.39, 0.29) is 6.10 Å². The summed E-state index contributed by atoms with van der Waals surface area (Å²) in [6.07, 6.45) is 6.69. The van der Waals surface area contributed by atoms with Crippen LogP contribution >= 0.6 is 0 Å². The quantitative estimate of drug-likeness (QED) is 0.750. The molecule has 0 bridgehead atoms. The molecule has 15 heavy (non-hydrogen) atoms. The molecular weight excluding hydrogens is 184 g/mol. The molecule has 1 fully saturated rings. The molecule has 2 unspecified atom stereocenters. The molecular formula is C14H28O. The van der Waals surface area contributed by atoms with Crippen molar-refractivity contribution in [1.82, 2.24) is 0 Å². The van der Waals surface area contributed by atoms with E-state index in [0.29, 0.717) is 5.92 Å². The van der Waals surface area contributed by atoms with Crippen molar-refractivity contribution < 1.29 is 5.11 Å². The molecule has 1 heteroatoms. The molecule has 0 radical (unpaired) electrons. The molecule has 0 amide bonds. The normalized spacial score (nSPS) is 31.6. The fourth-order valence-electron chi connectivity index (χ4n) is 2.81. The van der Waals surface area contributed by atoms with Crippen molar-refractivity contribution in [3.05, 3.63) is 0 Å². The van der Waals surface area contributed by atoms with Gasteiger partial charge < -0.3 is 5.11 Å². The van der Waals surface area contributed by atoms with Crippen LogP contribution in [0.1, 0.15) is 59.8 Å². The Hall–Kier alpha value is -0.0400. The minimum absolute atomic E-state index is 0.132. The summed E-state index contributed by atoms with van der Waals surface area (Å²) in [7, 11) is 0. The van der Waals surface area contributed by atoms with Crippen LogP contribution in [0.3, 0.4) is 0 Å². The van der Waals surface area contributed by atoms with E-state index in [9.17, 15) is 5.11 Å². The van der Waals surface area contributed by atoms with Crippen LogP contribution in [0, 0.1) is 23.7 Å². The van der Waals surface area contributed by atoms with Gasteiger partial charge in [0.05, 0.1) is 6.10 Å². The molecule has 2 atom stereocenters. The van der Waals surface area contributed by atoms with Gasteiger partial charge in [-0.15, -0.1) is 0 Å². The van der Waals surface area contributed by atoms with Crippen LogP contribution in [0.15, 0.2) is 0 Å². The van der Waals surface area contributed by atoms with Gasteiger partial charge in [0.15, 0.2) is 0 Å². The lowest BCUT2D eigenvalue weighted by atomic mass is 9.74. The highest BCUT2D eigenvalue weighted by Gasteiger charge is 2.25. The molecule has 1 rings (SSSR count). The predicted molar refractivity (Wildman–Crippen MR) is 65.7 cm³/mol. The molecule has 0 aromatic heterocycles. The summed E-state index contributed by atoms with van der Waals surface area (Å²) in [5.74, 6) is 3.18. The van der Waals surface area contributed by atoms with Crippen molar-refractivity contribution in [3.63, 3.8) is 0 Å². The van der Waals surface area contributed by atoms with Crippen molar-refractivity contribution in [3.8, 4) is 0 Å². The van der Waals surface area contributed by atoms with Gasteiger partial charge in [0.2, 0.25) is 0 Å². The van der Waals surface area contributed by atoms with Gasteiger partial charge in [0, 0.05) is 0 Å². The number of hydrogen-bond acceptors (Lipinski definition) is 1. The maximum atomic E-state index is 9.49. The third-order valence-electron chi connectivity index (χ3n) is 4.36. The minimum atomic E-state index is -0.132. The zero-order valence-electron chi connectivity index (χ0n) is 10.9. The molecule has 0 aromatic rings. The van der Waals surface area contributed by atoms with Gasteiger partial charge in [0.1, 0.15) is 0 Å². The lowest BCUT2D eigenvalue weighted by Gasteiger charge is -2.32. The molecule has 0 aromatic carbocycles. The van der Waals surface area contributed by atoms with Crippen LogP contribution in [0.4, 0.5) is 0 Å². The van der Waals surface area contributed by atoms with E-state index < -0.39 is 0 Å². The first-order valence-corrected chi connectivity index (χ1v) is 6.68. The first-order chi connectivity index (χ1) is 7.00. The number of aliphatic hydroxyl groups is 1. The average molecular weight is 212 g/mol. The Kier molecular flexibility index (Phi) is 5.11. The molecule has 1 aliphatic carbocycles. The second-order valence-electron chi connectivity index (χ2n) is 5.98. The smallest absolute Gasteiger partial charge is 0.0537 e. The maximum absolute atomic E-state index is 9.49. The third-order valence-corrected chi connectivity index (χ3v) is 4.36. The highest BCUT2D eigenvalue weighted by atomic mass is 16.3. The monoisotopic (exact) mass is 212 g/mol. The number of rotatable bonds is 4. The van der Waals surface area contributed by atoms with Gasteiger partial charge >= 0.3 is 0 Å². The van der Waals surface area contributed by atoms with E-state index in [0.717, 1.165) is 17.8 Å². The van der Waals surface area contributed by atoms with Gasteiger partial charge in [-0.3, -0.25) is 0 Å². The molecule has 90 valence electrons. The Morgan fingerprint density at radius 2 is 1.53 bits per heavy atom. The lowest BCUT2D eigenvalue weighted by Crippen LogP contribution is -2.23. The highest BCUT2D eigenvalue weighted by molar-refractivity contribution is 4.76. The van der Waals surface area contributed by atoms with E-state index in [1.807, 2.05) is 6.92 Å². The van der Waals surface area contributed by atoms with Gasteiger partial charge in [-0.2, -0.15) is 0 Å². The van der Waals surface area contributed by atoms with Crippen LogP contribution in [-0.4, -0.2) is 11.2 Å². The molecule has 0 heterocycles. The van der Waals surface area contributed by atoms with E-state index in [1.165, 1.54) is 32.1 Å². The average Bonchev–Trinajstić information content (AvgIpc) is 2.18. The van der Waals surface area contributed by atoms with Crippen LogP contribution in [0.25, 0.3) is 0 Å². The topological polar surface area (TPSA) is 20.2 Å². The maximum Gasteiger partial charge on any atom is 0.0537 e. The van der Waals surface area contributed by atoms with E-state index in [4.69, 9.17) is 0 Å². The molecule has 0 spiro atoms. The second kappa shape index (κ2) is 5.89. The van der Waals surface area contributed by atoms with Crippen molar-refractivity contribution in [2.24, 2.45) is 23.7 Å². The summed E-state index contributed by atoms with van der Waals surface area (Å²) in [6.45, 7) is 8.80. The molecule has 0 aliphatic heterocycles. The first-order valence-electron chi connectivity index (χ1n) is 6.68.